The molecule has 0 aromatic carbocycles. The van der Waals surface area contributed by atoms with Crippen molar-refractivity contribution in [1.82, 2.24) is 4.90 Å². The number of morpholine rings is 1. The summed E-state index contributed by atoms with van der Waals surface area (Å²) in [5.41, 5.74) is 0.348. The van der Waals surface area contributed by atoms with Gasteiger partial charge >= 0.3 is 0 Å². The van der Waals surface area contributed by atoms with Crippen molar-refractivity contribution in [2.45, 2.75) is 51.0 Å². The zero-order valence-electron chi connectivity index (χ0n) is 12.7. The molecule has 0 aromatic heterocycles. The van der Waals surface area contributed by atoms with Gasteiger partial charge in [0.05, 0.1) is 18.6 Å². The summed E-state index contributed by atoms with van der Waals surface area (Å²) >= 11 is 5.89. The van der Waals surface area contributed by atoms with Crippen LogP contribution in [0.25, 0.3) is 0 Å². The first-order valence-electron chi connectivity index (χ1n) is 8.61. The Bertz CT molecular complexity index is 390. The lowest BCUT2D eigenvalue weighted by Crippen LogP contribution is -2.51. The molecule has 5 aliphatic rings. The molecule has 3 nitrogen and oxygen atoms in total. The van der Waals surface area contributed by atoms with E-state index in [9.17, 15) is 4.79 Å². The van der Waals surface area contributed by atoms with Gasteiger partial charge in [0.25, 0.3) is 0 Å². The number of rotatable bonds is 3. The maximum absolute atomic E-state index is 12.8. The number of hydrogen-bond acceptors (Lipinski definition) is 2. The first-order valence-corrected chi connectivity index (χ1v) is 9.14. The lowest BCUT2D eigenvalue weighted by atomic mass is 9.49. The summed E-state index contributed by atoms with van der Waals surface area (Å²) in [5.74, 6) is 3.61. The third kappa shape index (κ3) is 2.72. The summed E-state index contributed by atoms with van der Waals surface area (Å²) in [6.45, 7) is 2.08. The molecule has 5 fully saturated rings. The Morgan fingerprint density at radius 1 is 1.14 bits per heavy atom. The van der Waals surface area contributed by atoms with Gasteiger partial charge in [0.1, 0.15) is 0 Å². The number of hydrogen-bond donors (Lipinski definition) is 0. The molecule has 0 spiro atoms. The molecule has 0 N–H and O–H groups in total. The van der Waals surface area contributed by atoms with Crippen LogP contribution in [0.15, 0.2) is 0 Å². The van der Waals surface area contributed by atoms with Crippen LogP contribution in [0.1, 0.15) is 44.9 Å². The monoisotopic (exact) mass is 311 g/mol. The zero-order chi connectivity index (χ0) is 14.4. The van der Waals surface area contributed by atoms with Gasteiger partial charge in [-0.1, -0.05) is 0 Å². The predicted octanol–water partition coefficient (Wildman–Crippen LogP) is 3.06. The Morgan fingerprint density at radius 2 is 1.76 bits per heavy atom. The summed E-state index contributed by atoms with van der Waals surface area (Å²) in [4.78, 5) is 14.8. The molecule has 4 aliphatic carbocycles. The van der Waals surface area contributed by atoms with Gasteiger partial charge in [0.2, 0.25) is 5.91 Å². The van der Waals surface area contributed by atoms with Crippen molar-refractivity contribution in [3.8, 4) is 0 Å². The Kier molecular flexibility index (Phi) is 3.69. The molecule has 4 bridgehead atoms. The third-order valence-corrected chi connectivity index (χ3v) is 6.70. The first kappa shape index (κ1) is 14.3. The Labute approximate surface area is 132 Å². The van der Waals surface area contributed by atoms with Crippen molar-refractivity contribution < 1.29 is 9.53 Å². The topological polar surface area (TPSA) is 29.5 Å². The van der Waals surface area contributed by atoms with E-state index >= 15 is 0 Å². The van der Waals surface area contributed by atoms with Gasteiger partial charge in [0, 0.05) is 19.5 Å². The van der Waals surface area contributed by atoms with Crippen LogP contribution in [0.5, 0.6) is 0 Å². The van der Waals surface area contributed by atoms with E-state index in [0.717, 1.165) is 30.7 Å². The summed E-state index contributed by atoms with van der Waals surface area (Å²) in [7, 11) is 0. The van der Waals surface area contributed by atoms with E-state index in [4.69, 9.17) is 16.3 Å². The van der Waals surface area contributed by atoms with E-state index in [1.165, 1.54) is 38.5 Å². The summed E-state index contributed by atoms with van der Waals surface area (Å²) in [5, 5.41) is 0. The molecule has 1 atom stereocenters. The number of alkyl halides is 1. The Hall–Kier alpha value is -0.280. The van der Waals surface area contributed by atoms with Crippen molar-refractivity contribution in [2.75, 3.05) is 25.6 Å². The van der Waals surface area contributed by atoms with Crippen LogP contribution in [0.3, 0.4) is 0 Å². The second-order valence-corrected chi connectivity index (χ2v) is 8.39. The van der Waals surface area contributed by atoms with E-state index in [1.807, 2.05) is 4.90 Å². The van der Waals surface area contributed by atoms with Crippen LogP contribution < -0.4 is 0 Å². The van der Waals surface area contributed by atoms with Crippen LogP contribution in [0.4, 0.5) is 0 Å². The summed E-state index contributed by atoms with van der Waals surface area (Å²) in [6.07, 6.45) is 9.08. The minimum atomic E-state index is 0.0285. The highest BCUT2D eigenvalue weighted by Gasteiger charge is 2.51. The van der Waals surface area contributed by atoms with Gasteiger partial charge in [-0.25, -0.2) is 0 Å². The van der Waals surface area contributed by atoms with Crippen molar-refractivity contribution >= 4 is 17.5 Å². The van der Waals surface area contributed by atoms with Gasteiger partial charge in [0.15, 0.2) is 0 Å². The highest BCUT2D eigenvalue weighted by molar-refractivity contribution is 6.18. The molecular weight excluding hydrogens is 286 g/mol. The molecule has 4 saturated carbocycles. The fourth-order valence-corrected chi connectivity index (χ4v) is 6.17. The fourth-order valence-electron chi connectivity index (χ4n) is 5.98. The number of nitrogens with zero attached hydrogens (tertiary/aromatic N) is 1. The number of amides is 1. The molecule has 1 heterocycles. The number of carbonyl (C=O) groups is 1. The molecule has 1 unspecified atom stereocenters. The van der Waals surface area contributed by atoms with E-state index in [1.54, 1.807) is 0 Å². The van der Waals surface area contributed by atoms with Crippen LogP contribution in [0, 0.1) is 23.2 Å². The normalized spacial score (nSPS) is 45.1. The summed E-state index contributed by atoms with van der Waals surface area (Å²) < 4.78 is 5.58. The van der Waals surface area contributed by atoms with Crippen molar-refractivity contribution in [3.05, 3.63) is 0 Å². The average Bonchev–Trinajstić information content (AvgIpc) is 2.45. The molecule has 4 heteroatoms. The minimum Gasteiger partial charge on any atom is -0.373 e. The maximum atomic E-state index is 12.8. The minimum absolute atomic E-state index is 0.0285. The standard InChI is InChI=1S/C17H26ClNO2/c18-10-15-11-19(1-2-21-15)16(20)9-17-6-12-3-13(7-17)5-14(4-12)8-17/h12-15H,1-11H2. The number of ether oxygens (including phenoxy) is 1. The van der Waals surface area contributed by atoms with Crippen LogP contribution in [0.2, 0.25) is 0 Å². The van der Waals surface area contributed by atoms with E-state index in [0.29, 0.717) is 30.4 Å². The van der Waals surface area contributed by atoms with E-state index < -0.39 is 0 Å². The molecule has 21 heavy (non-hydrogen) atoms. The van der Waals surface area contributed by atoms with Crippen molar-refractivity contribution in [2.24, 2.45) is 23.2 Å². The average molecular weight is 312 g/mol. The maximum Gasteiger partial charge on any atom is 0.223 e. The van der Waals surface area contributed by atoms with Crippen LogP contribution >= 0.6 is 11.6 Å². The van der Waals surface area contributed by atoms with Gasteiger partial charge in [-0.15, -0.1) is 11.6 Å². The molecule has 1 saturated heterocycles. The third-order valence-electron chi connectivity index (χ3n) is 6.35. The Morgan fingerprint density at radius 3 is 2.33 bits per heavy atom. The van der Waals surface area contributed by atoms with Crippen molar-refractivity contribution in [3.63, 3.8) is 0 Å². The van der Waals surface area contributed by atoms with E-state index in [2.05, 4.69) is 0 Å². The Balaban J connectivity index is 1.42. The smallest absolute Gasteiger partial charge is 0.223 e. The quantitative estimate of drug-likeness (QED) is 0.750. The van der Waals surface area contributed by atoms with Crippen LogP contribution in [-0.2, 0) is 9.53 Å². The van der Waals surface area contributed by atoms with Gasteiger partial charge in [-0.2, -0.15) is 0 Å². The lowest BCUT2D eigenvalue weighted by Gasteiger charge is -2.57. The fraction of sp³-hybridized carbons (Fsp3) is 0.941. The summed E-state index contributed by atoms with van der Waals surface area (Å²) in [6, 6.07) is 0. The van der Waals surface area contributed by atoms with Crippen molar-refractivity contribution in [1.29, 1.82) is 0 Å². The largest absolute Gasteiger partial charge is 0.373 e. The van der Waals surface area contributed by atoms with E-state index in [-0.39, 0.29) is 6.10 Å². The predicted molar refractivity (Wildman–Crippen MR) is 82.3 cm³/mol. The second kappa shape index (κ2) is 5.42. The lowest BCUT2D eigenvalue weighted by molar-refractivity contribution is -0.145. The first-order chi connectivity index (χ1) is 10.2. The van der Waals surface area contributed by atoms with Gasteiger partial charge in [-0.05, 0) is 61.7 Å². The zero-order valence-corrected chi connectivity index (χ0v) is 13.5. The molecule has 118 valence electrons. The number of carbonyl (C=O) groups excluding carboxylic acids is 1. The van der Waals surface area contributed by atoms with Gasteiger partial charge < -0.3 is 9.64 Å². The highest BCUT2D eigenvalue weighted by Crippen LogP contribution is 2.61. The van der Waals surface area contributed by atoms with Gasteiger partial charge in [-0.3, -0.25) is 4.79 Å². The highest BCUT2D eigenvalue weighted by atomic mass is 35.5. The molecule has 0 aromatic rings. The molecule has 5 rings (SSSR count). The SMILES string of the molecule is O=C(CC12CC3CC(CC(C3)C1)C2)N1CCOC(CCl)C1. The molecule has 1 aliphatic heterocycles. The second-order valence-electron chi connectivity index (χ2n) is 8.08. The molecule has 1 amide bonds. The van der Waals surface area contributed by atoms with Crippen LogP contribution in [-0.4, -0.2) is 42.5 Å². The molecule has 0 radical (unpaired) electrons. The molecular formula is C17H26ClNO2. The number of halogens is 1.